The molecule has 1 saturated heterocycles. The number of likely N-dealkylation sites (tertiary alicyclic amines) is 1. The third-order valence-electron chi connectivity index (χ3n) is 6.86. The van der Waals surface area contributed by atoms with E-state index in [2.05, 4.69) is 10.2 Å². The van der Waals surface area contributed by atoms with E-state index >= 15 is 0 Å². The van der Waals surface area contributed by atoms with Gasteiger partial charge >= 0.3 is 6.03 Å². The Morgan fingerprint density at radius 1 is 0.919 bits per heavy atom. The maximum Gasteiger partial charge on any atom is 0.321 e. The summed E-state index contributed by atoms with van der Waals surface area (Å²) in [5, 5.41) is 3.16. The molecule has 5 nitrogen and oxygen atoms in total. The topological polar surface area (TPSA) is 44.8 Å². The van der Waals surface area contributed by atoms with Gasteiger partial charge in [0, 0.05) is 38.5 Å². The number of hydrogen-bond acceptors (Lipinski definition) is 3. The summed E-state index contributed by atoms with van der Waals surface area (Å²) in [6.45, 7) is 3.44. The summed E-state index contributed by atoms with van der Waals surface area (Å²) in [5.74, 6) is -0.596. The predicted molar refractivity (Wildman–Crippen MR) is 143 cm³/mol. The molecule has 0 aromatic heterocycles. The molecular weight excluding hydrogens is 472 g/mol. The lowest BCUT2D eigenvalue weighted by molar-refractivity contribution is 0.0744. The van der Waals surface area contributed by atoms with Gasteiger partial charge in [0.1, 0.15) is 17.7 Å². The van der Waals surface area contributed by atoms with Crippen molar-refractivity contribution in [3.8, 4) is 0 Å². The number of rotatable bonds is 10. The van der Waals surface area contributed by atoms with Gasteiger partial charge in [-0.25, -0.2) is 13.6 Å². The van der Waals surface area contributed by atoms with Crippen molar-refractivity contribution in [3.63, 3.8) is 0 Å². The standard InChI is InChI=1S/C30H35F2N3O2/c1-34(28-7-3-2-4-8-28)30(36)33-27-17-20-35(21-18-27)19-5-6-22-37-29(23-9-13-25(31)14-10-23)24-11-15-26(32)16-12-24/h2-4,7-16,27,29H,5-6,17-22H2,1H3,(H,33,36). The summed E-state index contributed by atoms with van der Waals surface area (Å²) < 4.78 is 33.0. The molecule has 2 amide bonds. The Morgan fingerprint density at radius 2 is 1.49 bits per heavy atom. The van der Waals surface area contributed by atoms with Crippen molar-refractivity contribution < 1.29 is 18.3 Å². The summed E-state index contributed by atoms with van der Waals surface area (Å²) in [4.78, 5) is 16.7. The van der Waals surface area contributed by atoms with Gasteiger partial charge in [-0.05, 0) is 79.8 Å². The molecule has 0 saturated carbocycles. The summed E-state index contributed by atoms with van der Waals surface area (Å²) >= 11 is 0. The number of nitrogens with one attached hydrogen (secondary N) is 1. The van der Waals surface area contributed by atoms with Crippen LogP contribution in [0.3, 0.4) is 0 Å². The second kappa shape index (κ2) is 13.3. The van der Waals surface area contributed by atoms with Crippen LogP contribution in [0.4, 0.5) is 19.3 Å². The number of amides is 2. The van der Waals surface area contributed by atoms with Crippen molar-refractivity contribution >= 4 is 11.7 Å². The van der Waals surface area contributed by atoms with Crippen LogP contribution in [0.15, 0.2) is 78.9 Å². The molecule has 3 aromatic carbocycles. The number of piperidine rings is 1. The Labute approximate surface area is 218 Å². The molecule has 0 radical (unpaired) electrons. The van der Waals surface area contributed by atoms with Crippen molar-refractivity contribution in [3.05, 3.63) is 102 Å². The number of halogens is 2. The average Bonchev–Trinajstić information content (AvgIpc) is 2.93. The Balaban J connectivity index is 1.17. The van der Waals surface area contributed by atoms with Crippen molar-refractivity contribution in [2.45, 2.75) is 37.8 Å². The van der Waals surface area contributed by atoms with Crippen LogP contribution in [-0.4, -0.2) is 50.3 Å². The maximum absolute atomic E-state index is 13.4. The first-order valence-electron chi connectivity index (χ1n) is 12.9. The highest BCUT2D eigenvalue weighted by molar-refractivity contribution is 5.91. The Morgan fingerprint density at radius 3 is 2.05 bits per heavy atom. The van der Waals surface area contributed by atoms with E-state index in [9.17, 15) is 13.6 Å². The summed E-state index contributed by atoms with van der Waals surface area (Å²) in [6, 6.07) is 22.3. The molecule has 196 valence electrons. The minimum Gasteiger partial charge on any atom is -0.369 e. The molecule has 0 atom stereocenters. The number of urea groups is 1. The number of para-hydroxylation sites is 1. The first kappa shape index (κ1) is 26.8. The van der Waals surface area contributed by atoms with Crippen LogP contribution in [0.5, 0.6) is 0 Å². The van der Waals surface area contributed by atoms with Crippen LogP contribution in [0.2, 0.25) is 0 Å². The molecule has 0 spiro atoms. The monoisotopic (exact) mass is 507 g/mol. The molecule has 7 heteroatoms. The van der Waals surface area contributed by atoms with Crippen molar-refractivity contribution in [1.29, 1.82) is 0 Å². The number of unbranched alkanes of at least 4 members (excludes halogenated alkanes) is 1. The van der Waals surface area contributed by atoms with E-state index in [-0.39, 0.29) is 29.8 Å². The van der Waals surface area contributed by atoms with E-state index in [1.807, 2.05) is 30.3 Å². The highest BCUT2D eigenvalue weighted by atomic mass is 19.1. The summed E-state index contributed by atoms with van der Waals surface area (Å²) in [6.07, 6.45) is 3.38. The van der Waals surface area contributed by atoms with Crippen LogP contribution < -0.4 is 10.2 Å². The third-order valence-corrected chi connectivity index (χ3v) is 6.86. The largest absolute Gasteiger partial charge is 0.369 e. The lowest BCUT2D eigenvalue weighted by Gasteiger charge is -2.33. The molecule has 3 aromatic rings. The highest BCUT2D eigenvalue weighted by Crippen LogP contribution is 2.27. The number of carbonyl (C=O) groups is 1. The second-order valence-corrected chi connectivity index (χ2v) is 9.52. The first-order chi connectivity index (χ1) is 18.0. The average molecular weight is 508 g/mol. The maximum atomic E-state index is 13.4. The van der Waals surface area contributed by atoms with Gasteiger partial charge in [-0.3, -0.25) is 4.90 Å². The molecule has 1 fully saturated rings. The second-order valence-electron chi connectivity index (χ2n) is 9.52. The zero-order chi connectivity index (χ0) is 26.0. The third kappa shape index (κ3) is 7.84. The number of anilines is 1. The van der Waals surface area contributed by atoms with E-state index < -0.39 is 0 Å². The fourth-order valence-corrected chi connectivity index (χ4v) is 4.64. The van der Waals surface area contributed by atoms with Gasteiger partial charge in [-0.2, -0.15) is 0 Å². The number of carbonyl (C=O) groups excluding carboxylic acids is 1. The van der Waals surface area contributed by atoms with Gasteiger partial charge in [0.15, 0.2) is 0 Å². The van der Waals surface area contributed by atoms with E-state index in [0.717, 1.165) is 62.1 Å². The van der Waals surface area contributed by atoms with Gasteiger partial charge in [0.2, 0.25) is 0 Å². The minimum atomic E-state index is -0.366. The Bertz CT molecular complexity index is 1060. The van der Waals surface area contributed by atoms with E-state index in [0.29, 0.717) is 6.61 Å². The molecule has 1 aliphatic rings. The molecule has 1 aliphatic heterocycles. The lowest BCUT2D eigenvalue weighted by Crippen LogP contribution is -2.48. The Kier molecular flexibility index (Phi) is 9.63. The molecule has 0 unspecified atom stereocenters. The molecule has 0 aliphatic carbocycles. The Hall–Kier alpha value is -3.29. The van der Waals surface area contributed by atoms with E-state index in [1.165, 1.54) is 24.3 Å². The first-order valence-corrected chi connectivity index (χ1v) is 12.9. The quantitative estimate of drug-likeness (QED) is 0.334. The van der Waals surface area contributed by atoms with Crippen molar-refractivity contribution in [1.82, 2.24) is 10.2 Å². The minimum absolute atomic E-state index is 0.0707. The molecule has 4 rings (SSSR count). The van der Waals surface area contributed by atoms with E-state index in [4.69, 9.17) is 4.74 Å². The van der Waals surface area contributed by atoms with E-state index in [1.54, 1.807) is 36.2 Å². The van der Waals surface area contributed by atoms with Crippen LogP contribution in [0, 0.1) is 11.6 Å². The zero-order valence-electron chi connectivity index (χ0n) is 21.3. The zero-order valence-corrected chi connectivity index (χ0v) is 21.3. The van der Waals surface area contributed by atoms with Gasteiger partial charge in [0.05, 0.1) is 0 Å². The SMILES string of the molecule is CN(C(=O)NC1CCN(CCCCOC(c2ccc(F)cc2)c2ccc(F)cc2)CC1)c1ccccc1. The fraction of sp³-hybridized carbons (Fsp3) is 0.367. The van der Waals surface area contributed by atoms with Gasteiger partial charge in [-0.15, -0.1) is 0 Å². The van der Waals surface area contributed by atoms with Gasteiger partial charge in [-0.1, -0.05) is 42.5 Å². The normalized spacial score (nSPS) is 14.6. The van der Waals surface area contributed by atoms with Gasteiger partial charge in [0.25, 0.3) is 0 Å². The smallest absolute Gasteiger partial charge is 0.321 e. The predicted octanol–water partition coefficient (Wildman–Crippen LogP) is 6.16. The van der Waals surface area contributed by atoms with Crippen LogP contribution in [0.1, 0.15) is 42.9 Å². The van der Waals surface area contributed by atoms with Crippen molar-refractivity contribution in [2.75, 3.05) is 38.2 Å². The fourth-order valence-electron chi connectivity index (χ4n) is 4.64. The molecule has 1 N–H and O–H groups in total. The molecular formula is C30H35F2N3O2. The highest BCUT2D eigenvalue weighted by Gasteiger charge is 2.22. The summed E-state index contributed by atoms with van der Waals surface area (Å²) in [5.41, 5.74) is 2.56. The van der Waals surface area contributed by atoms with Gasteiger partial charge < -0.3 is 15.0 Å². The van der Waals surface area contributed by atoms with Crippen molar-refractivity contribution in [2.24, 2.45) is 0 Å². The lowest BCUT2D eigenvalue weighted by atomic mass is 10.0. The number of nitrogens with zero attached hydrogens (tertiary/aromatic N) is 2. The number of ether oxygens (including phenoxy) is 1. The number of benzene rings is 3. The number of hydrogen-bond donors (Lipinski definition) is 1. The summed E-state index contributed by atoms with van der Waals surface area (Å²) in [7, 11) is 1.79. The van der Waals surface area contributed by atoms with Crippen LogP contribution in [0.25, 0.3) is 0 Å². The van der Waals surface area contributed by atoms with Crippen LogP contribution in [-0.2, 0) is 4.74 Å². The molecule has 0 bridgehead atoms. The molecule has 37 heavy (non-hydrogen) atoms. The van der Waals surface area contributed by atoms with Crippen LogP contribution >= 0.6 is 0 Å². The molecule has 1 heterocycles.